The van der Waals surface area contributed by atoms with Gasteiger partial charge in [0.05, 0.1) is 12.1 Å². The Balaban J connectivity index is 2.32. The van der Waals surface area contributed by atoms with Gasteiger partial charge in [-0.25, -0.2) is 0 Å². The predicted octanol–water partition coefficient (Wildman–Crippen LogP) is -0.158. The lowest BCUT2D eigenvalue weighted by atomic mass is 9.95. The summed E-state index contributed by atoms with van der Waals surface area (Å²) >= 11 is 0. The van der Waals surface area contributed by atoms with Crippen LogP contribution in [0.3, 0.4) is 0 Å². The molecule has 1 saturated heterocycles. The molecule has 1 heterocycles. The first kappa shape index (κ1) is 12.3. The van der Waals surface area contributed by atoms with Crippen molar-refractivity contribution in [3.8, 4) is 0 Å². The van der Waals surface area contributed by atoms with Gasteiger partial charge in [0.1, 0.15) is 0 Å². The SMILES string of the molecule is CCCNC(N)=NCC1(O)CCOCC1. The smallest absolute Gasteiger partial charge is 0.188 e. The van der Waals surface area contributed by atoms with Crippen molar-refractivity contribution in [1.29, 1.82) is 0 Å². The van der Waals surface area contributed by atoms with Crippen LogP contribution in [0.25, 0.3) is 0 Å². The van der Waals surface area contributed by atoms with Gasteiger partial charge in [0.25, 0.3) is 0 Å². The lowest BCUT2D eigenvalue weighted by Crippen LogP contribution is -2.41. The summed E-state index contributed by atoms with van der Waals surface area (Å²) in [5.74, 6) is 0.414. The number of nitrogens with zero attached hydrogens (tertiary/aromatic N) is 1. The molecule has 0 aromatic rings. The fourth-order valence-corrected chi connectivity index (χ4v) is 1.45. The maximum absolute atomic E-state index is 10.1. The zero-order chi connectivity index (χ0) is 11.1. The second-order valence-corrected chi connectivity index (χ2v) is 3.96. The van der Waals surface area contributed by atoms with Gasteiger partial charge in [0, 0.05) is 32.6 Å². The van der Waals surface area contributed by atoms with Crippen LogP contribution in [0.4, 0.5) is 0 Å². The van der Waals surface area contributed by atoms with Gasteiger partial charge in [0.2, 0.25) is 0 Å². The van der Waals surface area contributed by atoms with E-state index in [1.807, 2.05) is 0 Å². The molecule has 0 atom stereocenters. The van der Waals surface area contributed by atoms with Gasteiger partial charge < -0.3 is 20.9 Å². The summed E-state index contributed by atoms with van der Waals surface area (Å²) in [5, 5.41) is 13.0. The molecule has 4 N–H and O–H groups in total. The Morgan fingerprint density at radius 2 is 2.20 bits per heavy atom. The van der Waals surface area contributed by atoms with Crippen LogP contribution in [0.2, 0.25) is 0 Å². The Morgan fingerprint density at radius 1 is 1.53 bits per heavy atom. The van der Waals surface area contributed by atoms with Gasteiger partial charge in [-0.2, -0.15) is 0 Å². The summed E-state index contributed by atoms with van der Waals surface area (Å²) in [7, 11) is 0. The number of aliphatic hydroxyl groups is 1. The Morgan fingerprint density at radius 3 is 2.80 bits per heavy atom. The third-order valence-corrected chi connectivity index (χ3v) is 2.52. The zero-order valence-corrected chi connectivity index (χ0v) is 9.33. The van der Waals surface area contributed by atoms with E-state index in [1.165, 1.54) is 0 Å². The first-order valence-electron chi connectivity index (χ1n) is 5.50. The summed E-state index contributed by atoms with van der Waals surface area (Å²) in [5.41, 5.74) is 4.91. The van der Waals surface area contributed by atoms with E-state index in [4.69, 9.17) is 10.5 Å². The number of aliphatic imine (C=N–C) groups is 1. The van der Waals surface area contributed by atoms with Gasteiger partial charge in [-0.1, -0.05) is 6.92 Å². The summed E-state index contributed by atoms with van der Waals surface area (Å²) in [6.45, 7) is 4.45. The number of hydrogen-bond acceptors (Lipinski definition) is 3. The van der Waals surface area contributed by atoms with Crippen molar-refractivity contribution < 1.29 is 9.84 Å². The molecule has 15 heavy (non-hydrogen) atoms. The molecule has 0 aromatic carbocycles. The molecule has 5 heteroatoms. The van der Waals surface area contributed by atoms with E-state index in [2.05, 4.69) is 17.2 Å². The van der Waals surface area contributed by atoms with E-state index in [-0.39, 0.29) is 0 Å². The van der Waals surface area contributed by atoms with E-state index in [0.29, 0.717) is 38.6 Å². The highest BCUT2D eigenvalue weighted by Crippen LogP contribution is 2.20. The van der Waals surface area contributed by atoms with Gasteiger partial charge in [0.15, 0.2) is 5.96 Å². The summed E-state index contributed by atoms with van der Waals surface area (Å²) in [6, 6.07) is 0. The molecule has 5 nitrogen and oxygen atoms in total. The second kappa shape index (κ2) is 5.92. The van der Waals surface area contributed by atoms with Crippen LogP contribution >= 0.6 is 0 Å². The molecule has 0 bridgehead atoms. The maximum atomic E-state index is 10.1. The average molecular weight is 215 g/mol. The van der Waals surface area contributed by atoms with Crippen LogP contribution in [-0.2, 0) is 4.74 Å². The highest BCUT2D eigenvalue weighted by atomic mass is 16.5. The number of nitrogens with two attached hydrogens (primary N) is 1. The number of ether oxygens (including phenoxy) is 1. The van der Waals surface area contributed by atoms with Crippen LogP contribution in [0, 0.1) is 0 Å². The van der Waals surface area contributed by atoms with Gasteiger partial charge in [-0.05, 0) is 6.42 Å². The Labute approximate surface area is 90.7 Å². The third-order valence-electron chi connectivity index (χ3n) is 2.52. The fraction of sp³-hybridized carbons (Fsp3) is 0.900. The monoisotopic (exact) mass is 215 g/mol. The van der Waals surface area contributed by atoms with E-state index < -0.39 is 5.60 Å². The second-order valence-electron chi connectivity index (χ2n) is 3.96. The van der Waals surface area contributed by atoms with Gasteiger partial charge >= 0.3 is 0 Å². The molecule has 0 aliphatic carbocycles. The number of nitrogens with one attached hydrogen (secondary N) is 1. The lowest BCUT2D eigenvalue weighted by molar-refractivity contribution is -0.0565. The van der Waals surface area contributed by atoms with Crippen molar-refractivity contribution in [3.63, 3.8) is 0 Å². The molecule has 0 radical (unpaired) electrons. The van der Waals surface area contributed by atoms with Gasteiger partial charge in [-0.15, -0.1) is 0 Å². The molecule has 0 amide bonds. The minimum Gasteiger partial charge on any atom is -0.388 e. The largest absolute Gasteiger partial charge is 0.388 e. The minimum atomic E-state index is -0.725. The lowest BCUT2D eigenvalue weighted by Gasteiger charge is -2.30. The van der Waals surface area contributed by atoms with Crippen molar-refractivity contribution in [2.24, 2.45) is 10.7 Å². The van der Waals surface area contributed by atoms with E-state index >= 15 is 0 Å². The van der Waals surface area contributed by atoms with Crippen molar-refractivity contribution in [3.05, 3.63) is 0 Å². The molecular formula is C10H21N3O2. The van der Waals surface area contributed by atoms with Crippen LogP contribution in [-0.4, -0.2) is 43.0 Å². The maximum Gasteiger partial charge on any atom is 0.188 e. The Hall–Kier alpha value is -0.810. The fourth-order valence-electron chi connectivity index (χ4n) is 1.45. The van der Waals surface area contributed by atoms with Crippen LogP contribution in [0.15, 0.2) is 4.99 Å². The molecule has 1 fully saturated rings. The quantitative estimate of drug-likeness (QED) is 0.450. The van der Waals surface area contributed by atoms with Gasteiger partial charge in [-0.3, -0.25) is 4.99 Å². The third kappa shape index (κ3) is 4.48. The Bertz CT molecular complexity index is 213. The summed E-state index contributed by atoms with van der Waals surface area (Å²) in [4.78, 5) is 4.13. The summed E-state index contributed by atoms with van der Waals surface area (Å²) < 4.78 is 5.18. The highest BCUT2D eigenvalue weighted by Gasteiger charge is 2.29. The molecule has 0 unspecified atom stereocenters. The molecular weight excluding hydrogens is 194 g/mol. The van der Waals surface area contributed by atoms with Crippen LogP contribution in [0.1, 0.15) is 26.2 Å². The number of hydrogen-bond donors (Lipinski definition) is 3. The topological polar surface area (TPSA) is 79.9 Å². The molecule has 1 aliphatic heterocycles. The molecule has 1 rings (SSSR count). The molecule has 1 aliphatic rings. The van der Waals surface area contributed by atoms with Crippen molar-refractivity contribution in [2.75, 3.05) is 26.3 Å². The predicted molar refractivity (Wildman–Crippen MR) is 59.8 cm³/mol. The van der Waals surface area contributed by atoms with E-state index in [0.717, 1.165) is 13.0 Å². The first-order valence-corrected chi connectivity index (χ1v) is 5.50. The number of rotatable bonds is 4. The zero-order valence-electron chi connectivity index (χ0n) is 9.33. The average Bonchev–Trinajstić information content (AvgIpc) is 2.25. The van der Waals surface area contributed by atoms with Crippen LogP contribution in [0.5, 0.6) is 0 Å². The highest BCUT2D eigenvalue weighted by molar-refractivity contribution is 5.77. The normalized spacial score (nSPS) is 21.3. The van der Waals surface area contributed by atoms with Crippen molar-refractivity contribution in [2.45, 2.75) is 31.8 Å². The first-order chi connectivity index (χ1) is 7.16. The summed E-state index contributed by atoms with van der Waals surface area (Å²) in [6.07, 6.45) is 2.28. The number of guanidine groups is 1. The molecule has 0 spiro atoms. The van der Waals surface area contributed by atoms with Crippen molar-refractivity contribution >= 4 is 5.96 Å². The van der Waals surface area contributed by atoms with Crippen LogP contribution < -0.4 is 11.1 Å². The van der Waals surface area contributed by atoms with Crippen molar-refractivity contribution in [1.82, 2.24) is 5.32 Å². The standard InChI is InChI=1S/C10H21N3O2/c1-2-5-12-9(11)13-8-10(14)3-6-15-7-4-10/h14H,2-8H2,1H3,(H3,11,12,13). The molecule has 88 valence electrons. The Kier molecular flexibility index (Phi) is 4.84. The van der Waals surface area contributed by atoms with E-state index in [1.54, 1.807) is 0 Å². The minimum absolute atomic E-state index is 0.360. The molecule has 0 saturated carbocycles. The van der Waals surface area contributed by atoms with E-state index in [9.17, 15) is 5.11 Å². The molecule has 0 aromatic heterocycles.